The van der Waals surface area contributed by atoms with Crippen LogP contribution in [0, 0.1) is 0 Å². The molecule has 2 aliphatic rings. The molecule has 2 aliphatic heterocycles. The molecule has 0 saturated carbocycles. The fourth-order valence-electron chi connectivity index (χ4n) is 4.11. The number of methoxy groups -OCH3 is 2. The average Bonchev–Trinajstić information content (AvgIpc) is 3.08. The normalized spacial score (nSPS) is 26.8. The van der Waals surface area contributed by atoms with Crippen LogP contribution in [0.2, 0.25) is 0 Å². The average molecular weight is 362 g/mol. The molecule has 2 fully saturated rings. The van der Waals surface area contributed by atoms with Crippen molar-refractivity contribution in [2.75, 3.05) is 40.4 Å². The van der Waals surface area contributed by atoms with Gasteiger partial charge >= 0.3 is 0 Å². The van der Waals surface area contributed by atoms with Crippen LogP contribution in [0.1, 0.15) is 38.3 Å². The summed E-state index contributed by atoms with van der Waals surface area (Å²) in [5.74, 6) is 1.66. The van der Waals surface area contributed by atoms with Gasteiger partial charge in [-0.3, -0.25) is 9.69 Å². The molecule has 144 valence electrons. The Bertz CT molecular complexity index is 626. The van der Waals surface area contributed by atoms with Crippen molar-refractivity contribution in [2.24, 2.45) is 0 Å². The quantitative estimate of drug-likeness (QED) is 0.805. The minimum Gasteiger partial charge on any atom is -0.493 e. The molecule has 0 aromatic heterocycles. The Morgan fingerprint density at radius 1 is 1.15 bits per heavy atom. The number of amides is 1. The second kappa shape index (κ2) is 8.27. The third-order valence-corrected chi connectivity index (χ3v) is 5.27. The van der Waals surface area contributed by atoms with E-state index in [1.165, 1.54) is 5.56 Å². The number of carbonyl (C=O) groups is 1. The second-order valence-electron chi connectivity index (χ2n) is 7.30. The Balaban J connectivity index is 1.69. The highest BCUT2D eigenvalue weighted by atomic mass is 16.5. The first kappa shape index (κ1) is 19.0. The number of carbonyl (C=O) groups excluding carboxylic acids is 1. The highest BCUT2D eigenvalue weighted by molar-refractivity contribution is 5.78. The molecular weight excluding hydrogens is 332 g/mol. The topological polar surface area (TPSA) is 51.2 Å². The van der Waals surface area contributed by atoms with Gasteiger partial charge in [-0.15, -0.1) is 0 Å². The van der Waals surface area contributed by atoms with E-state index in [9.17, 15) is 4.79 Å². The van der Waals surface area contributed by atoms with Crippen LogP contribution in [-0.2, 0) is 9.53 Å². The molecule has 0 radical (unpaired) electrons. The van der Waals surface area contributed by atoms with E-state index < -0.39 is 0 Å². The fraction of sp³-hybridized carbons (Fsp3) is 0.650. The van der Waals surface area contributed by atoms with E-state index in [1.807, 2.05) is 30.9 Å². The summed E-state index contributed by atoms with van der Waals surface area (Å²) in [7, 11) is 3.29. The van der Waals surface area contributed by atoms with Gasteiger partial charge in [0.25, 0.3) is 0 Å². The predicted octanol–water partition coefficient (Wildman–Crippen LogP) is 2.48. The van der Waals surface area contributed by atoms with E-state index in [0.29, 0.717) is 19.6 Å². The third kappa shape index (κ3) is 4.13. The van der Waals surface area contributed by atoms with Crippen LogP contribution in [0.25, 0.3) is 0 Å². The van der Waals surface area contributed by atoms with Gasteiger partial charge in [0.1, 0.15) is 0 Å². The molecule has 2 heterocycles. The van der Waals surface area contributed by atoms with E-state index in [0.717, 1.165) is 30.9 Å². The number of hydrogen-bond acceptors (Lipinski definition) is 5. The molecule has 6 heteroatoms. The Hall–Kier alpha value is -1.79. The minimum absolute atomic E-state index is 0.0999. The van der Waals surface area contributed by atoms with Gasteiger partial charge in [0.15, 0.2) is 11.5 Å². The summed E-state index contributed by atoms with van der Waals surface area (Å²) in [5, 5.41) is 0. The van der Waals surface area contributed by atoms with Crippen LogP contribution in [0.3, 0.4) is 0 Å². The monoisotopic (exact) mass is 362 g/mol. The zero-order valence-corrected chi connectivity index (χ0v) is 16.2. The first-order chi connectivity index (χ1) is 12.5. The van der Waals surface area contributed by atoms with E-state index in [-0.39, 0.29) is 24.2 Å². The summed E-state index contributed by atoms with van der Waals surface area (Å²) in [5.41, 5.74) is 1.18. The van der Waals surface area contributed by atoms with Crippen molar-refractivity contribution in [2.45, 2.75) is 44.9 Å². The third-order valence-electron chi connectivity index (χ3n) is 5.27. The zero-order chi connectivity index (χ0) is 18.7. The van der Waals surface area contributed by atoms with Gasteiger partial charge in [-0.1, -0.05) is 6.07 Å². The van der Waals surface area contributed by atoms with E-state index >= 15 is 0 Å². The molecule has 6 nitrogen and oxygen atoms in total. The summed E-state index contributed by atoms with van der Waals surface area (Å²) in [6, 6.07) is 6.30. The number of rotatable bonds is 5. The maximum absolute atomic E-state index is 12.8. The SMILES string of the molecule is COc1ccc(C2CCCN2CC(=O)N2CC(C)OC(C)C2)cc1OC. The lowest BCUT2D eigenvalue weighted by Gasteiger charge is -2.36. The highest BCUT2D eigenvalue weighted by Gasteiger charge is 2.32. The standard InChI is InChI=1S/C20H30N2O4/c1-14-11-22(12-15(2)26-14)20(23)13-21-9-5-6-17(21)16-7-8-18(24-3)19(10-16)25-4/h7-8,10,14-15,17H,5-6,9,11-13H2,1-4H3. The molecule has 3 rings (SSSR count). The summed E-state index contributed by atoms with van der Waals surface area (Å²) < 4.78 is 16.5. The Morgan fingerprint density at radius 3 is 2.50 bits per heavy atom. The Morgan fingerprint density at radius 2 is 1.85 bits per heavy atom. The van der Waals surface area contributed by atoms with Crippen molar-refractivity contribution < 1.29 is 19.0 Å². The predicted molar refractivity (Wildman–Crippen MR) is 99.7 cm³/mol. The molecule has 0 N–H and O–H groups in total. The summed E-state index contributed by atoms with van der Waals surface area (Å²) >= 11 is 0. The first-order valence-corrected chi connectivity index (χ1v) is 9.41. The molecule has 2 saturated heterocycles. The van der Waals surface area contributed by atoms with Crippen LogP contribution in [0.5, 0.6) is 11.5 Å². The summed E-state index contributed by atoms with van der Waals surface area (Å²) in [4.78, 5) is 17.1. The number of nitrogens with zero attached hydrogens (tertiary/aromatic N) is 2. The maximum atomic E-state index is 12.8. The molecule has 1 aromatic rings. The van der Waals surface area contributed by atoms with Crippen molar-refractivity contribution in [1.29, 1.82) is 0 Å². The summed E-state index contributed by atoms with van der Waals surface area (Å²) in [6.45, 7) is 6.81. The smallest absolute Gasteiger partial charge is 0.236 e. The molecular formula is C20H30N2O4. The van der Waals surface area contributed by atoms with Crippen molar-refractivity contribution in [3.8, 4) is 11.5 Å². The number of benzene rings is 1. The van der Waals surface area contributed by atoms with Gasteiger partial charge in [0.2, 0.25) is 5.91 Å². The number of morpholine rings is 1. The van der Waals surface area contributed by atoms with Gasteiger partial charge in [-0.05, 0) is 50.9 Å². The van der Waals surface area contributed by atoms with Gasteiger partial charge in [-0.25, -0.2) is 0 Å². The van der Waals surface area contributed by atoms with Crippen LogP contribution in [-0.4, -0.2) is 68.3 Å². The molecule has 1 amide bonds. The van der Waals surface area contributed by atoms with Gasteiger partial charge in [0, 0.05) is 19.1 Å². The lowest BCUT2D eigenvalue weighted by Crippen LogP contribution is -2.51. The molecule has 0 bridgehead atoms. The minimum atomic E-state index is 0.0999. The van der Waals surface area contributed by atoms with Crippen LogP contribution < -0.4 is 9.47 Å². The fourth-order valence-corrected chi connectivity index (χ4v) is 4.11. The van der Waals surface area contributed by atoms with E-state index in [4.69, 9.17) is 14.2 Å². The molecule has 0 spiro atoms. The van der Waals surface area contributed by atoms with E-state index in [1.54, 1.807) is 14.2 Å². The van der Waals surface area contributed by atoms with Crippen LogP contribution in [0.15, 0.2) is 18.2 Å². The van der Waals surface area contributed by atoms with Gasteiger partial charge in [0.05, 0.1) is 33.0 Å². The van der Waals surface area contributed by atoms with Crippen molar-refractivity contribution >= 4 is 5.91 Å². The van der Waals surface area contributed by atoms with Gasteiger partial charge < -0.3 is 19.1 Å². The molecule has 1 aromatic carbocycles. The maximum Gasteiger partial charge on any atom is 0.236 e. The largest absolute Gasteiger partial charge is 0.493 e. The second-order valence-corrected chi connectivity index (χ2v) is 7.30. The molecule has 26 heavy (non-hydrogen) atoms. The number of likely N-dealkylation sites (tertiary alicyclic amines) is 1. The van der Waals surface area contributed by atoms with Gasteiger partial charge in [-0.2, -0.15) is 0 Å². The lowest BCUT2D eigenvalue weighted by molar-refractivity contribution is -0.144. The highest BCUT2D eigenvalue weighted by Crippen LogP contribution is 2.36. The Labute approximate surface area is 156 Å². The van der Waals surface area contributed by atoms with Crippen molar-refractivity contribution in [1.82, 2.24) is 9.80 Å². The number of hydrogen-bond donors (Lipinski definition) is 0. The summed E-state index contributed by atoms with van der Waals surface area (Å²) in [6.07, 6.45) is 2.35. The van der Waals surface area contributed by atoms with Crippen LogP contribution >= 0.6 is 0 Å². The molecule has 3 atom stereocenters. The Kier molecular flexibility index (Phi) is 6.04. The lowest BCUT2D eigenvalue weighted by atomic mass is 10.0. The van der Waals surface area contributed by atoms with Crippen molar-refractivity contribution in [3.05, 3.63) is 23.8 Å². The van der Waals surface area contributed by atoms with E-state index in [2.05, 4.69) is 11.0 Å². The number of ether oxygens (including phenoxy) is 3. The molecule has 0 aliphatic carbocycles. The van der Waals surface area contributed by atoms with Crippen molar-refractivity contribution in [3.63, 3.8) is 0 Å². The van der Waals surface area contributed by atoms with Crippen LogP contribution in [0.4, 0.5) is 0 Å². The molecule has 3 unspecified atom stereocenters. The zero-order valence-electron chi connectivity index (χ0n) is 16.2. The first-order valence-electron chi connectivity index (χ1n) is 9.41.